The van der Waals surface area contributed by atoms with Crippen LogP contribution in [0, 0.1) is 23.7 Å². The number of thiophene rings is 2. The summed E-state index contributed by atoms with van der Waals surface area (Å²) in [6.07, 6.45) is 0. The minimum atomic E-state index is 1.08. The van der Waals surface area contributed by atoms with Crippen molar-refractivity contribution in [3.05, 3.63) is 141 Å². The summed E-state index contributed by atoms with van der Waals surface area (Å²) in [5, 5.41) is 4.09. The first kappa shape index (κ1) is 21.7. The smallest absolute Gasteiger partial charge is 0.0772 e. The minimum Gasteiger partial charge on any atom is -0.135 e. The van der Waals surface area contributed by atoms with Crippen molar-refractivity contribution in [2.24, 2.45) is 0 Å². The molecule has 0 spiro atoms. The van der Waals surface area contributed by atoms with Gasteiger partial charge in [0, 0.05) is 11.1 Å². The molecule has 2 aromatic heterocycles. The first-order valence-corrected chi connectivity index (χ1v) is 12.7. The monoisotopic (exact) mass is 468 g/mol. The second kappa shape index (κ2) is 10.7. The average molecular weight is 469 g/mol. The summed E-state index contributed by atoms with van der Waals surface area (Å²) in [7, 11) is 0. The summed E-state index contributed by atoms with van der Waals surface area (Å²) in [5.74, 6) is 12.8. The SMILES string of the molecule is C(#Cc1cccs1)c1cc2cccccc-2c1.C(#Cc1cccs1)c1cc2cccccc-2c1. The van der Waals surface area contributed by atoms with Gasteiger partial charge in [0.15, 0.2) is 0 Å². The summed E-state index contributed by atoms with van der Waals surface area (Å²) in [5.41, 5.74) is 7.13. The van der Waals surface area contributed by atoms with Crippen LogP contribution in [-0.2, 0) is 0 Å². The van der Waals surface area contributed by atoms with E-state index in [1.165, 1.54) is 22.3 Å². The first-order chi connectivity index (χ1) is 16.8. The van der Waals surface area contributed by atoms with Gasteiger partial charge in [-0.05, 0) is 69.4 Å². The van der Waals surface area contributed by atoms with Crippen molar-refractivity contribution >= 4 is 22.7 Å². The summed E-state index contributed by atoms with van der Waals surface area (Å²) in [6, 6.07) is 37.4. The van der Waals surface area contributed by atoms with Crippen LogP contribution < -0.4 is 0 Å². The van der Waals surface area contributed by atoms with Gasteiger partial charge in [-0.2, -0.15) is 0 Å². The predicted molar refractivity (Wildman–Crippen MR) is 147 cm³/mol. The molecule has 160 valence electrons. The van der Waals surface area contributed by atoms with E-state index in [0.29, 0.717) is 0 Å². The van der Waals surface area contributed by atoms with Crippen molar-refractivity contribution in [1.82, 2.24) is 0 Å². The van der Waals surface area contributed by atoms with Gasteiger partial charge in [-0.15, -0.1) is 22.7 Å². The van der Waals surface area contributed by atoms with E-state index in [0.717, 1.165) is 20.9 Å². The third-order valence-electron chi connectivity index (χ3n) is 5.16. The summed E-state index contributed by atoms with van der Waals surface area (Å²) >= 11 is 3.35. The lowest BCUT2D eigenvalue weighted by Crippen LogP contribution is -1.64. The van der Waals surface area contributed by atoms with E-state index in [1.807, 2.05) is 47.2 Å². The van der Waals surface area contributed by atoms with E-state index in [9.17, 15) is 0 Å². The highest BCUT2D eigenvalue weighted by Crippen LogP contribution is 2.25. The molecule has 4 aliphatic rings. The Morgan fingerprint density at radius 3 is 1.09 bits per heavy atom. The van der Waals surface area contributed by atoms with Crippen LogP contribution in [0.15, 0.2) is 120 Å². The molecule has 2 heterocycles. The number of rotatable bonds is 0. The Hall–Kier alpha value is -4.08. The van der Waals surface area contributed by atoms with Crippen molar-refractivity contribution in [3.8, 4) is 45.9 Å². The van der Waals surface area contributed by atoms with Gasteiger partial charge >= 0.3 is 0 Å². The van der Waals surface area contributed by atoms with Gasteiger partial charge in [0.1, 0.15) is 0 Å². The maximum atomic E-state index is 3.21. The quantitative estimate of drug-likeness (QED) is 0.196. The summed E-state index contributed by atoms with van der Waals surface area (Å²) in [6.45, 7) is 0. The highest BCUT2D eigenvalue weighted by molar-refractivity contribution is 7.10. The third kappa shape index (κ3) is 5.64. The molecule has 0 saturated carbocycles. The molecule has 4 aliphatic carbocycles. The van der Waals surface area contributed by atoms with Crippen LogP contribution in [0.3, 0.4) is 0 Å². The fraction of sp³-hybridized carbons (Fsp3) is 0. The Morgan fingerprint density at radius 1 is 0.382 bits per heavy atom. The maximum Gasteiger partial charge on any atom is 0.0772 e. The fourth-order valence-electron chi connectivity index (χ4n) is 3.54. The van der Waals surface area contributed by atoms with Crippen molar-refractivity contribution < 1.29 is 0 Å². The van der Waals surface area contributed by atoms with E-state index in [2.05, 4.69) is 96.5 Å². The van der Waals surface area contributed by atoms with Gasteiger partial charge < -0.3 is 0 Å². The Balaban J connectivity index is 0.000000142. The molecule has 0 amide bonds. The zero-order valence-electron chi connectivity index (χ0n) is 18.4. The van der Waals surface area contributed by atoms with Crippen molar-refractivity contribution in [2.45, 2.75) is 0 Å². The molecule has 0 saturated heterocycles. The van der Waals surface area contributed by atoms with Crippen molar-refractivity contribution in [3.63, 3.8) is 0 Å². The van der Waals surface area contributed by atoms with Gasteiger partial charge in [0.2, 0.25) is 0 Å². The second-order valence-corrected chi connectivity index (χ2v) is 9.48. The van der Waals surface area contributed by atoms with Gasteiger partial charge in [-0.1, -0.05) is 96.5 Å². The molecule has 2 aromatic rings. The van der Waals surface area contributed by atoms with E-state index in [1.54, 1.807) is 22.7 Å². The average Bonchev–Trinajstić information content (AvgIpc) is 3.64. The Morgan fingerprint density at radius 2 is 0.765 bits per heavy atom. The van der Waals surface area contributed by atoms with E-state index >= 15 is 0 Å². The first-order valence-electron chi connectivity index (χ1n) is 10.9. The minimum absolute atomic E-state index is 1.08. The molecule has 0 bridgehead atoms. The number of fused-ring (bicyclic) bond motifs is 2. The summed E-state index contributed by atoms with van der Waals surface area (Å²) < 4.78 is 0. The molecule has 0 aromatic carbocycles. The topological polar surface area (TPSA) is 0 Å². The molecule has 0 radical (unpaired) electrons. The fourth-order valence-corrected chi connectivity index (χ4v) is 4.68. The van der Waals surface area contributed by atoms with Gasteiger partial charge in [-0.3, -0.25) is 0 Å². The van der Waals surface area contributed by atoms with Crippen LogP contribution in [0.2, 0.25) is 0 Å². The molecule has 0 atom stereocenters. The molecular weight excluding hydrogens is 448 g/mol. The number of hydrogen-bond donors (Lipinski definition) is 0. The predicted octanol–water partition coefficient (Wildman–Crippen LogP) is 8.51. The lowest BCUT2D eigenvalue weighted by Gasteiger charge is -1.85. The lowest BCUT2D eigenvalue weighted by atomic mass is 10.2. The molecule has 0 fully saturated rings. The zero-order chi connectivity index (χ0) is 23.0. The van der Waals surface area contributed by atoms with Gasteiger partial charge in [0.05, 0.1) is 9.75 Å². The molecule has 6 rings (SSSR count). The van der Waals surface area contributed by atoms with Crippen LogP contribution in [0.5, 0.6) is 0 Å². The summed E-state index contributed by atoms with van der Waals surface area (Å²) in [4.78, 5) is 2.22. The van der Waals surface area contributed by atoms with Gasteiger partial charge in [0.25, 0.3) is 0 Å². The Bertz CT molecular complexity index is 1370. The standard InChI is InChI=1S/2C16H10S/c2*1-2-5-14-11-13(12-15(14)6-3-1)8-9-16-7-4-10-17-16/h2*1-7,10-12H. The molecule has 34 heavy (non-hydrogen) atoms. The highest BCUT2D eigenvalue weighted by Gasteiger charge is 2.03. The van der Waals surface area contributed by atoms with Crippen LogP contribution in [0.1, 0.15) is 20.9 Å². The van der Waals surface area contributed by atoms with Crippen molar-refractivity contribution in [1.29, 1.82) is 0 Å². The van der Waals surface area contributed by atoms with Crippen molar-refractivity contribution in [2.75, 3.05) is 0 Å². The van der Waals surface area contributed by atoms with E-state index in [4.69, 9.17) is 0 Å². The molecule has 0 N–H and O–H groups in total. The highest BCUT2D eigenvalue weighted by atomic mass is 32.1. The van der Waals surface area contributed by atoms with Crippen LogP contribution in [-0.4, -0.2) is 0 Å². The molecule has 0 aliphatic heterocycles. The lowest BCUT2D eigenvalue weighted by molar-refractivity contribution is 1.81. The zero-order valence-corrected chi connectivity index (χ0v) is 20.0. The van der Waals surface area contributed by atoms with Crippen LogP contribution in [0.25, 0.3) is 22.3 Å². The van der Waals surface area contributed by atoms with Crippen LogP contribution >= 0.6 is 22.7 Å². The Labute approximate surface area is 208 Å². The Kier molecular flexibility index (Phi) is 6.84. The second-order valence-electron chi connectivity index (χ2n) is 7.59. The van der Waals surface area contributed by atoms with E-state index < -0.39 is 0 Å². The largest absolute Gasteiger partial charge is 0.135 e. The third-order valence-corrected chi connectivity index (χ3v) is 6.73. The molecule has 2 heteroatoms. The van der Waals surface area contributed by atoms with Gasteiger partial charge in [-0.25, -0.2) is 0 Å². The molecular formula is C32H20S2. The molecule has 0 unspecified atom stereocenters. The van der Waals surface area contributed by atoms with Crippen LogP contribution in [0.4, 0.5) is 0 Å². The van der Waals surface area contributed by atoms with E-state index in [-0.39, 0.29) is 0 Å². The molecule has 0 nitrogen and oxygen atoms in total. The number of hydrogen-bond acceptors (Lipinski definition) is 2. The maximum absolute atomic E-state index is 3.21. The normalized spacial score (nSPS) is 9.88.